The molecule has 0 saturated carbocycles. The number of carbonyl (C=O) groups is 1. The van der Waals surface area contributed by atoms with E-state index in [0.29, 0.717) is 26.5 Å². The van der Waals surface area contributed by atoms with Crippen molar-refractivity contribution in [2.75, 3.05) is 11.1 Å². The highest BCUT2D eigenvalue weighted by Crippen LogP contribution is 2.27. The van der Waals surface area contributed by atoms with E-state index in [1.807, 2.05) is 20.8 Å². The molecule has 2 aromatic rings. The second-order valence-electron chi connectivity index (χ2n) is 5.25. The largest absolute Gasteiger partial charge is 0.397 e. The Bertz CT molecular complexity index is 650. The average Bonchev–Trinajstić information content (AvgIpc) is 2.81. The van der Waals surface area contributed by atoms with Crippen molar-refractivity contribution in [1.82, 2.24) is 14.6 Å². The number of amides is 1. The molecule has 6 nitrogen and oxygen atoms in total. The molecule has 0 bridgehead atoms. The van der Waals surface area contributed by atoms with Gasteiger partial charge in [0.15, 0.2) is 0 Å². The van der Waals surface area contributed by atoms with Crippen LogP contribution in [0.3, 0.4) is 0 Å². The molecule has 1 amide bonds. The third-order valence-corrected chi connectivity index (χ3v) is 3.83. The highest BCUT2D eigenvalue weighted by Gasteiger charge is 2.26. The van der Waals surface area contributed by atoms with Crippen LogP contribution in [0, 0.1) is 0 Å². The molecule has 0 aliphatic heterocycles. The lowest BCUT2D eigenvalue weighted by atomic mass is 9.91. The number of halogens is 1. The zero-order chi connectivity index (χ0) is 14.9. The van der Waals surface area contributed by atoms with Gasteiger partial charge in [-0.25, -0.2) is 4.98 Å². The maximum absolute atomic E-state index is 12.3. The first-order valence-corrected chi connectivity index (χ1v) is 7.41. The first-order valence-electron chi connectivity index (χ1n) is 5.84. The molecule has 8 heteroatoms. The van der Waals surface area contributed by atoms with Crippen LogP contribution in [0.15, 0.2) is 16.7 Å². The quantitative estimate of drug-likeness (QED) is 0.863. The van der Waals surface area contributed by atoms with Crippen molar-refractivity contribution in [1.29, 1.82) is 0 Å². The molecule has 0 spiro atoms. The maximum Gasteiger partial charge on any atom is 0.270 e. The molecule has 0 fully saturated rings. The van der Waals surface area contributed by atoms with E-state index in [-0.39, 0.29) is 11.3 Å². The van der Waals surface area contributed by atoms with Crippen LogP contribution < -0.4 is 11.1 Å². The Morgan fingerprint density at radius 3 is 2.75 bits per heavy atom. The van der Waals surface area contributed by atoms with E-state index in [2.05, 4.69) is 35.8 Å². The van der Waals surface area contributed by atoms with Gasteiger partial charge in [-0.15, -0.1) is 5.10 Å². The van der Waals surface area contributed by atoms with Crippen molar-refractivity contribution in [3.05, 3.63) is 27.3 Å². The minimum absolute atomic E-state index is 0.245. The summed E-state index contributed by atoms with van der Waals surface area (Å²) in [7, 11) is 0. The zero-order valence-corrected chi connectivity index (χ0v) is 13.7. The van der Waals surface area contributed by atoms with Gasteiger partial charge in [0.2, 0.25) is 0 Å². The molecule has 0 aliphatic carbocycles. The standard InChI is InChI=1S/C12H14BrN5OS/c1-12(2,3)9-8(20-18-17-9)11(19)16-10-7(13)4-6(14)5-15-10/h4-5H,14H2,1-3H3,(H,15,16,19). The number of aromatic nitrogens is 3. The Balaban J connectivity index is 2.27. The van der Waals surface area contributed by atoms with E-state index in [0.717, 1.165) is 11.5 Å². The van der Waals surface area contributed by atoms with Crippen LogP contribution in [0.25, 0.3) is 0 Å². The third kappa shape index (κ3) is 3.13. The second kappa shape index (κ2) is 5.45. The van der Waals surface area contributed by atoms with Gasteiger partial charge in [-0.3, -0.25) is 4.79 Å². The number of pyridine rings is 1. The van der Waals surface area contributed by atoms with Gasteiger partial charge < -0.3 is 11.1 Å². The second-order valence-corrected chi connectivity index (χ2v) is 6.86. The van der Waals surface area contributed by atoms with E-state index >= 15 is 0 Å². The van der Waals surface area contributed by atoms with Gasteiger partial charge in [0, 0.05) is 5.41 Å². The summed E-state index contributed by atoms with van der Waals surface area (Å²) in [6.07, 6.45) is 1.48. The molecular formula is C12H14BrN5OS. The van der Waals surface area contributed by atoms with Crippen LogP contribution in [0.4, 0.5) is 11.5 Å². The Kier molecular flexibility index (Phi) is 4.05. The molecule has 2 aromatic heterocycles. The molecular weight excluding hydrogens is 342 g/mol. The van der Waals surface area contributed by atoms with Gasteiger partial charge in [0.05, 0.1) is 22.1 Å². The number of hydrogen-bond donors (Lipinski definition) is 2. The smallest absolute Gasteiger partial charge is 0.270 e. The lowest BCUT2D eigenvalue weighted by Crippen LogP contribution is -2.20. The molecule has 20 heavy (non-hydrogen) atoms. The van der Waals surface area contributed by atoms with Crippen molar-refractivity contribution >= 4 is 44.9 Å². The molecule has 0 saturated heterocycles. The molecule has 2 heterocycles. The van der Waals surface area contributed by atoms with Gasteiger partial charge in [-0.2, -0.15) is 0 Å². The summed E-state index contributed by atoms with van der Waals surface area (Å²) in [6, 6.07) is 1.68. The summed E-state index contributed by atoms with van der Waals surface area (Å²) in [5.41, 5.74) is 6.56. The molecule has 0 aromatic carbocycles. The Morgan fingerprint density at radius 2 is 2.15 bits per heavy atom. The molecule has 2 rings (SSSR count). The summed E-state index contributed by atoms with van der Waals surface area (Å²) < 4.78 is 4.49. The summed E-state index contributed by atoms with van der Waals surface area (Å²) in [5, 5.41) is 6.77. The van der Waals surface area contributed by atoms with Crippen LogP contribution in [0.2, 0.25) is 0 Å². The Hall–Kier alpha value is -1.54. The Labute approximate surface area is 129 Å². The highest BCUT2D eigenvalue weighted by atomic mass is 79.9. The fourth-order valence-electron chi connectivity index (χ4n) is 1.54. The van der Waals surface area contributed by atoms with E-state index in [1.165, 1.54) is 6.20 Å². The Morgan fingerprint density at radius 1 is 1.45 bits per heavy atom. The number of nitrogens with two attached hydrogens (primary N) is 1. The van der Waals surface area contributed by atoms with Crippen molar-refractivity contribution in [2.24, 2.45) is 0 Å². The number of anilines is 2. The van der Waals surface area contributed by atoms with Crippen LogP contribution in [0.1, 0.15) is 36.1 Å². The summed E-state index contributed by atoms with van der Waals surface area (Å²) in [6.45, 7) is 5.95. The zero-order valence-electron chi connectivity index (χ0n) is 11.3. The maximum atomic E-state index is 12.3. The summed E-state index contributed by atoms with van der Waals surface area (Å²) in [4.78, 5) is 16.9. The van der Waals surface area contributed by atoms with Crippen LogP contribution >= 0.6 is 27.5 Å². The molecule has 3 N–H and O–H groups in total. The molecule has 0 atom stereocenters. The minimum Gasteiger partial charge on any atom is -0.397 e. The topological polar surface area (TPSA) is 93.8 Å². The van der Waals surface area contributed by atoms with Gasteiger partial charge in [-0.05, 0) is 33.5 Å². The van der Waals surface area contributed by atoms with Crippen LogP contribution in [0.5, 0.6) is 0 Å². The van der Waals surface area contributed by atoms with Crippen molar-refractivity contribution in [3.63, 3.8) is 0 Å². The van der Waals surface area contributed by atoms with Crippen LogP contribution in [-0.4, -0.2) is 20.5 Å². The number of nitrogens with one attached hydrogen (secondary N) is 1. The number of hydrogen-bond acceptors (Lipinski definition) is 6. The number of carbonyl (C=O) groups excluding carboxylic acids is 1. The predicted octanol–water partition coefficient (Wildman–Crippen LogP) is 2.83. The highest BCUT2D eigenvalue weighted by molar-refractivity contribution is 9.10. The SMILES string of the molecule is CC(C)(C)c1nnsc1C(=O)Nc1ncc(N)cc1Br. The first-order chi connectivity index (χ1) is 9.29. The van der Waals surface area contributed by atoms with Gasteiger partial charge in [0.25, 0.3) is 5.91 Å². The van der Waals surface area contributed by atoms with Crippen molar-refractivity contribution in [3.8, 4) is 0 Å². The minimum atomic E-state index is -0.275. The number of rotatable bonds is 2. The van der Waals surface area contributed by atoms with Gasteiger partial charge in [0.1, 0.15) is 10.7 Å². The van der Waals surface area contributed by atoms with E-state index in [4.69, 9.17) is 5.73 Å². The normalized spacial score (nSPS) is 11.4. The lowest BCUT2D eigenvalue weighted by molar-refractivity contribution is 0.102. The summed E-state index contributed by atoms with van der Waals surface area (Å²) in [5.74, 6) is 0.139. The molecule has 0 radical (unpaired) electrons. The van der Waals surface area contributed by atoms with Gasteiger partial charge in [-0.1, -0.05) is 25.3 Å². The van der Waals surface area contributed by atoms with E-state index < -0.39 is 0 Å². The molecule has 106 valence electrons. The number of nitrogen functional groups attached to an aromatic ring is 1. The van der Waals surface area contributed by atoms with Gasteiger partial charge >= 0.3 is 0 Å². The molecule has 0 aliphatic rings. The van der Waals surface area contributed by atoms with Crippen molar-refractivity contribution in [2.45, 2.75) is 26.2 Å². The first kappa shape index (κ1) is 14.9. The monoisotopic (exact) mass is 355 g/mol. The number of nitrogens with zero attached hydrogens (tertiary/aromatic N) is 3. The summed E-state index contributed by atoms with van der Waals surface area (Å²) >= 11 is 4.38. The van der Waals surface area contributed by atoms with Crippen molar-refractivity contribution < 1.29 is 4.79 Å². The van der Waals surface area contributed by atoms with E-state index in [1.54, 1.807) is 6.07 Å². The fourth-order valence-corrected chi connectivity index (χ4v) is 2.78. The lowest BCUT2D eigenvalue weighted by Gasteiger charge is -2.16. The molecule has 0 unspecified atom stereocenters. The average molecular weight is 356 g/mol. The third-order valence-electron chi connectivity index (χ3n) is 2.50. The van der Waals surface area contributed by atoms with E-state index in [9.17, 15) is 4.79 Å². The van der Waals surface area contributed by atoms with Crippen LogP contribution in [-0.2, 0) is 5.41 Å². The fraction of sp³-hybridized carbons (Fsp3) is 0.333. The predicted molar refractivity (Wildman–Crippen MR) is 82.9 cm³/mol.